The molecule has 1 aromatic carbocycles. The largest absolute Gasteiger partial charge is 0.468 e. The number of benzene rings is 1. The molecule has 118 valence electrons. The lowest BCUT2D eigenvalue weighted by Crippen LogP contribution is -2.44. The van der Waals surface area contributed by atoms with Gasteiger partial charge in [0.15, 0.2) is 0 Å². The van der Waals surface area contributed by atoms with E-state index in [0.29, 0.717) is 11.1 Å². The van der Waals surface area contributed by atoms with Gasteiger partial charge in [-0.2, -0.15) is 4.72 Å². The van der Waals surface area contributed by atoms with Crippen LogP contribution in [0.25, 0.3) is 0 Å². The van der Waals surface area contributed by atoms with Crippen molar-refractivity contribution in [2.24, 2.45) is 0 Å². The predicted octanol–water partition coefficient (Wildman–Crippen LogP) is 0.732. The minimum absolute atomic E-state index is 0.141. The van der Waals surface area contributed by atoms with Gasteiger partial charge in [-0.1, -0.05) is 6.07 Å². The molecular weight excluding hydrogens is 294 g/mol. The van der Waals surface area contributed by atoms with Crippen LogP contribution in [0.2, 0.25) is 0 Å². The lowest BCUT2D eigenvalue weighted by molar-refractivity contribution is -0.143. The molecule has 0 aliphatic carbocycles. The highest BCUT2D eigenvalue weighted by Crippen LogP contribution is 2.26. The summed E-state index contributed by atoms with van der Waals surface area (Å²) in [5.41, 5.74) is 2.92. The first-order chi connectivity index (χ1) is 9.65. The standard InChI is InChI=1S/C14H21NO5S/c1-8-6-9(2)11(4)13(10(8)3)21(18,19)15-12(7-16)14(17)20-5/h6,12,15-16H,7H2,1-5H3. The lowest BCUT2D eigenvalue weighted by Gasteiger charge is -2.19. The summed E-state index contributed by atoms with van der Waals surface area (Å²) in [6.07, 6.45) is 0. The molecule has 7 heteroatoms. The van der Waals surface area contributed by atoms with Crippen molar-refractivity contribution < 1.29 is 23.1 Å². The molecule has 1 aromatic rings. The maximum absolute atomic E-state index is 12.5. The van der Waals surface area contributed by atoms with Crippen molar-refractivity contribution in [1.29, 1.82) is 0 Å². The van der Waals surface area contributed by atoms with Crippen molar-refractivity contribution in [3.8, 4) is 0 Å². The molecule has 0 saturated carbocycles. The second-order valence-electron chi connectivity index (χ2n) is 4.97. The fourth-order valence-corrected chi connectivity index (χ4v) is 3.92. The average molecular weight is 315 g/mol. The molecule has 0 amide bonds. The van der Waals surface area contributed by atoms with Gasteiger partial charge in [-0.05, 0) is 49.9 Å². The molecule has 6 nitrogen and oxygen atoms in total. The van der Waals surface area contributed by atoms with E-state index in [-0.39, 0.29) is 4.90 Å². The van der Waals surface area contributed by atoms with Crippen LogP contribution < -0.4 is 4.72 Å². The van der Waals surface area contributed by atoms with Crippen molar-refractivity contribution in [3.63, 3.8) is 0 Å². The van der Waals surface area contributed by atoms with Gasteiger partial charge in [0.25, 0.3) is 0 Å². The summed E-state index contributed by atoms with van der Waals surface area (Å²) in [6, 6.07) is 0.590. The van der Waals surface area contributed by atoms with Crippen LogP contribution in [0.3, 0.4) is 0 Å². The number of aliphatic hydroxyl groups is 1. The summed E-state index contributed by atoms with van der Waals surface area (Å²) in [7, 11) is -2.81. The number of esters is 1. The van der Waals surface area contributed by atoms with Crippen molar-refractivity contribution in [2.75, 3.05) is 13.7 Å². The van der Waals surface area contributed by atoms with Crippen LogP contribution in [0.5, 0.6) is 0 Å². The number of carbonyl (C=O) groups excluding carboxylic acids is 1. The zero-order valence-corrected chi connectivity index (χ0v) is 13.7. The SMILES string of the molecule is COC(=O)C(CO)NS(=O)(=O)c1c(C)c(C)cc(C)c1C. The molecule has 1 unspecified atom stereocenters. The summed E-state index contributed by atoms with van der Waals surface area (Å²) in [6.45, 7) is 6.40. The molecule has 0 aliphatic heterocycles. The van der Waals surface area contributed by atoms with E-state index in [1.165, 1.54) is 0 Å². The van der Waals surface area contributed by atoms with E-state index in [1.54, 1.807) is 13.8 Å². The number of rotatable bonds is 5. The number of hydrogen-bond acceptors (Lipinski definition) is 5. The Labute approximate surface area is 125 Å². The zero-order chi connectivity index (χ0) is 16.4. The van der Waals surface area contributed by atoms with Gasteiger partial charge in [0, 0.05) is 0 Å². The van der Waals surface area contributed by atoms with E-state index in [9.17, 15) is 13.2 Å². The summed E-state index contributed by atoms with van der Waals surface area (Å²) >= 11 is 0. The van der Waals surface area contributed by atoms with E-state index in [4.69, 9.17) is 5.11 Å². The van der Waals surface area contributed by atoms with Crippen LogP contribution in [0, 0.1) is 27.7 Å². The highest BCUT2D eigenvalue weighted by Gasteiger charge is 2.28. The Hall–Kier alpha value is -1.44. The number of nitrogens with one attached hydrogen (secondary N) is 1. The Kier molecular flexibility index (Phi) is 5.49. The number of aryl methyl sites for hydroxylation is 2. The van der Waals surface area contributed by atoms with E-state index < -0.39 is 28.6 Å². The third-order valence-corrected chi connectivity index (χ3v) is 5.28. The van der Waals surface area contributed by atoms with Gasteiger partial charge in [0.1, 0.15) is 6.04 Å². The van der Waals surface area contributed by atoms with Gasteiger partial charge in [-0.15, -0.1) is 0 Å². The number of methoxy groups -OCH3 is 1. The van der Waals surface area contributed by atoms with Crippen LogP contribution in [-0.2, 0) is 19.6 Å². The molecule has 0 bridgehead atoms. The molecule has 2 N–H and O–H groups in total. The fourth-order valence-electron chi connectivity index (χ4n) is 2.13. The maximum Gasteiger partial charge on any atom is 0.326 e. The number of ether oxygens (including phenoxy) is 1. The summed E-state index contributed by atoms with van der Waals surface area (Å²) in [5.74, 6) is -0.833. The molecule has 1 atom stereocenters. The molecule has 0 spiro atoms. The smallest absolute Gasteiger partial charge is 0.326 e. The normalized spacial score (nSPS) is 13.0. The second-order valence-corrected chi connectivity index (χ2v) is 6.62. The number of carbonyl (C=O) groups is 1. The Morgan fingerprint density at radius 3 is 2.10 bits per heavy atom. The monoisotopic (exact) mass is 315 g/mol. The van der Waals surface area contributed by atoms with Crippen LogP contribution in [0.15, 0.2) is 11.0 Å². The van der Waals surface area contributed by atoms with Crippen LogP contribution in [0.4, 0.5) is 0 Å². The van der Waals surface area contributed by atoms with Crippen LogP contribution in [0.1, 0.15) is 22.3 Å². The first kappa shape index (κ1) is 17.6. The molecule has 0 radical (unpaired) electrons. The molecule has 1 rings (SSSR count). The van der Waals surface area contributed by atoms with Gasteiger partial charge < -0.3 is 9.84 Å². The van der Waals surface area contributed by atoms with Crippen molar-refractivity contribution in [2.45, 2.75) is 38.6 Å². The van der Waals surface area contributed by atoms with Crippen molar-refractivity contribution in [1.82, 2.24) is 4.72 Å². The van der Waals surface area contributed by atoms with Crippen molar-refractivity contribution >= 4 is 16.0 Å². The lowest BCUT2D eigenvalue weighted by atomic mass is 10.0. The predicted molar refractivity (Wildman–Crippen MR) is 78.6 cm³/mol. The molecule has 0 heterocycles. The first-order valence-electron chi connectivity index (χ1n) is 6.44. The minimum atomic E-state index is -3.94. The summed E-state index contributed by atoms with van der Waals surface area (Å²) in [5, 5.41) is 9.16. The average Bonchev–Trinajstić information content (AvgIpc) is 2.41. The zero-order valence-electron chi connectivity index (χ0n) is 12.9. The first-order valence-corrected chi connectivity index (χ1v) is 7.92. The van der Waals surface area contributed by atoms with Gasteiger partial charge in [0.2, 0.25) is 10.0 Å². The Balaban J connectivity index is 3.35. The highest BCUT2D eigenvalue weighted by atomic mass is 32.2. The molecular formula is C14H21NO5S. The van der Waals surface area contributed by atoms with Crippen LogP contribution >= 0.6 is 0 Å². The van der Waals surface area contributed by atoms with E-state index in [1.807, 2.05) is 19.9 Å². The third-order valence-electron chi connectivity index (χ3n) is 3.53. The van der Waals surface area contributed by atoms with Gasteiger partial charge >= 0.3 is 5.97 Å². The van der Waals surface area contributed by atoms with Gasteiger partial charge in [-0.25, -0.2) is 8.42 Å². The van der Waals surface area contributed by atoms with Crippen LogP contribution in [-0.4, -0.2) is 39.3 Å². The highest BCUT2D eigenvalue weighted by molar-refractivity contribution is 7.89. The molecule has 0 fully saturated rings. The molecule has 0 aromatic heterocycles. The quantitative estimate of drug-likeness (QED) is 0.782. The molecule has 0 aliphatic rings. The fraction of sp³-hybridized carbons (Fsp3) is 0.500. The minimum Gasteiger partial charge on any atom is -0.468 e. The van der Waals surface area contributed by atoms with E-state index in [0.717, 1.165) is 18.2 Å². The Morgan fingerprint density at radius 1 is 1.24 bits per heavy atom. The summed E-state index contributed by atoms with van der Waals surface area (Å²) < 4.78 is 31.7. The van der Waals surface area contributed by atoms with E-state index in [2.05, 4.69) is 9.46 Å². The Bertz CT molecular complexity index is 626. The Morgan fingerprint density at radius 2 is 1.71 bits per heavy atom. The summed E-state index contributed by atoms with van der Waals surface area (Å²) in [4.78, 5) is 11.6. The maximum atomic E-state index is 12.5. The third kappa shape index (κ3) is 3.61. The number of aliphatic hydroxyl groups excluding tert-OH is 1. The topological polar surface area (TPSA) is 92.7 Å². The van der Waals surface area contributed by atoms with E-state index >= 15 is 0 Å². The van der Waals surface area contributed by atoms with Crippen molar-refractivity contribution in [3.05, 3.63) is 28.3 Å². The molecule has 0 saturated heterocycles. The number of hydrogen-bond donors (Lipinski definition) is 2. The molecule has 21 heavy (non-hydrogen) atoms. The van der Waals surface area contributed by atoms with Gasteiger partial charge in [-0.3, -0.25) is 4.79 Å². The second kappa shape index (κ2) is 6.55. The number of sulfonamides is 1. The van der Waals surface area contributed by atoms with Gasteiger partial charge in [0.05, 0.1) is 18.6 Å².